The van der Waals surface area contributed by atoms with Gasteiger partial charge in [-0.25, -0.2) is 0 Å². The summed E-state index contributed by atoms with van der Waals surface area (Å²) in [5, 5.41) is 1.02. The van der Waals surface area contributed by atoms with E-state index < -0.39 is 0 Å². The van der Waals surface area contributed by atoms with Crippen LogP contribution in [0.15, 0.2) is 30.5 Å². The molecule has 1 N–H and O–H groups in total. The molecule has 0 aliphatic heterocycles. The van der Waals surface area contributed by atoms with Gasteiger partial charge in [-0.1, -0.05) is 6.07 Å². The Morgan fingerprint density at radius 3 is 2.88 bits per heavy atom. The van der Waals surface area contributed by atoms with Gasteiger partial charge in [0.25, 0.3) is 5.91 Å². The number of hydrogen-bond donors (Lipinski definition) is 1. The lowest BCUT2D eigenvalue weighted by Crippen LogP contribution is -2.41. The van der Waals surface area contributed by atoms with Crippen LogP contribution in [0.3, 0.4) is 0 Å². The first-order valence-electron chi connectivity index (χ1n) is 6.10. The molecular weight excluding hydrogens is 212 g/mol. The zero-order chi connectivity index (χ0) is 11.8. The van der Waals surface area contributed by atoms with Gasteiger partial charge in [0.05, 0.1) is 0 Å². The van der Waals surface area contributed by atoms with Crippen LogP contribution < -0.4 is 0 Å². The third kappa shape index (κ3) is 1.62. The molecule has 1 aromatic carbocycles. The van der Waals surface area contributed by atoms with Gasteiger partial charge >= 0.3 is 0 Å². The monoisotopic (exact) mass is 228 g/mol. The Morgan fingerprint density at radius 2 is 2.18 bits per heavy atom. The number of fused-ring (bicyclic) bond motifs is 1. The van der Waals surface area contributed by atoms with Crippen molar-refractivity contribution in [1.82, 2.24) is 9.88 Å². The molecular formula is C14H16N2O. The minimum atomic E-state index is 0.139. The normalized spacial score (nSPS) is 15.8. The van der Waals surface area contributed by atoms with Crippen LogP contribution >= 0.6 is 0 Å². The van der Waals surface area contributed by atoms with E-state index in [-0.39, 0.29) is 5.91 Å². The lowest BCUT2D eigenvalue weighted by molar-refractivity contribution is 0.0654. The lowest BCUT2D eigenvalue weighted by Gasteiger charge is -2.34. The molecule has 0 spiro atoms. The smallest absolute Gasteiger partial charge is 0.254 e. The summed E-state index contributed by atoms with van der Waals surface area (Å²) in [5.74, 6) is 0.139. The van der Waals surface area contributed by atoms with Crippen molar-refractivity contribution in [3.8, 4) is 0 Å². The summed E-state index contributed by atoms with van der Waals surface area (Å²) in [5.41, 5.74) is 1.83. The number of carbonyl (C=O) groups is 1. The Bertz CT molecular complexity index is 554. The van der Waals surface area contributed by atoms with Crippen molar-refractivity contribution in [2.75, 3.05) is 7.05 Å². The van der Waals surface area contributed by atoms with Crippen LogP contribution in [-0.4, -0.2) is 28.9 Å². The molecule has 2 aromatic rings. The molecule has 1 fully saturated rings. The topological polar surface area (TPSA) is 36.1 Å². The number of aromatic nitrogens is 1. The molecule has 1 aliphatic carbocycles. The van der Waals surface area contributed by atoms with Crippen molar-refractivity contribution >= 4 is 16.8 Å². The predicted octanol–water partition coefficient (Wildman–Crippen LogP) is 2.79. The maximum absolute atomic E-state index is 12.4. The maximum Gasteiger partial charge on any atom is 0.254 e. The summed E-state index contributed by atoms with van der Waals surface area (Å²) in [6, 6.07) is 8.25. The van der Waals surface area contributed by atoms with Crippen LogP contribution in [-0.2, 0) is 0 Å². The van der Waals surface area contributed by atoms with Gasteiger partial charge in [-0.2, -0.15) is 0 Å². The highest BCUT2D eigenvalue weighted by Crippen LogP contribution is 2.26. The molecule has 0 unspecified atom stereocenters. The molecule has 1 amide bonds. The maximum atomic E-state index is 12.4. The van der Waals surface area contributed by atoms with E-state index in [0.717, 1.165) is 29.3 Å². The second-order valence-corrected chi connectivity index (χ2v) is 4.75. The van der Waals surface area contributed by atoms with Gasteiger partial charge in [-0.3, -0.25) is 4.79 Å². The van der Waals surface area contributed by atoms with E-state index >= 15 is 0 Å². The first-order valence-corrected chi connectivity index (χ1v) is 6.10. The first-order chi connectivity index (χ1) is 8.27. The standard InChI is InChI=1S/C14H16N2O/c1-16(10-4-2-5-10)14(17)12-6-3-7-13-11(12)8-9-15-13/h3,6-10,15H,2,4-5H2,1H3. The van der Waals surface area contributed by atoms with Gasteiger partial charge in [0.15, 0.2) is 0 Å². The summed E-state index contributed by atoms with van der Waals surface area (Å²) in [7, 11) is 1.91. The molecule has 0 bridgehead atoms. The first kappa shape index (κ1) is 10.4. The minimum absolute atomic E-state index is 0.139. The number of hydrogen-bond acceptors (Lipinski definition) is 1. The summed E-state index contributed by atoms with van der Waals surface area (Å²) >= 11 is 0. The number of amides is 1. The predicted molar refractivity (Wildman–Crippen MR) is 68.0 cm³/mol. The van der Waals surface area contributed by atoms with Crippen molar-refractivity contribution in [3.63, 3.8) is 0 Å². The molecule has 3 heteroatoms. The van der Waals surface area contributed by atoms with Crippen LogP contribution in [0.5, 0.6) is 0 Å². The zero-order valence-corrected chi connectivity index (χ0v) is 9.94. The highest BCUT2D eigenvalue weighted by atomic mass is 16.2. The Balaban J connectivity index is 1.97. The second kappa shape index (κ2) is 3.91. The summed E-state index contributed by atoms with van der Waals surface area (Å²) in [6.45, 7) is 0. The van der Waals surface area contributed by atoms with E-state index in [4.69, 9.17) is 0 Å². The number of nitrogens with one attached hydrogen (secondary N) is 1. The van der Waals surface area contributed by atoms with Crippen LogP contribution in [0.4, 0.5) is 0 Å². The molecule has 17 heavy (non-hydrogen) atoms. The molecule has 3 nitrogen and oxygen atoms in total. The quantitative estimate of drug-likeness (QED) is 0.843. The molecule has 0 saturated heterocycles. The Morgan fingerprint density at radius 1 is 1.35 bits per heavy atom. The van der Waals surface area contributed by atoms with E-state index in [1.54, 1.807) is 0 Å². The number of rotatable bonds is 2. The van der Waals surface area contributed by atoms with Crippen molar-refractivity contribution in [2.24, 2.45) is 0 Å². The van der Waals surface area contributed by atoms with E-state index in [9.17, 15) is 4.79 Å². The van der Waals surface area contributed by atoms with Gasteiger partial charge in [-0.15, -0.1) is 0 Å². The largest absolute Gasteiger partial charge is 0.361 e. The Hall–Kier alpha value is -1.77. The highest BCUT2D eigenvalue weighted by Gasteiger charge is 2.26. The van der Waals surface area contributed by atoms with E-state index in [0.29, 0.717) is 6.04 Å². The summed E-state index contributed by atoms with van der Waals surface area (Å²) < 4.78 is 0. The lowest BCUT2D eigenvalue weighted by atomic mass is 9.91. The van der Waals surface area contributed by atoms with Crippen LogP contribution in [0, 0.1) is 0 Å². The minimum Gasteiger partial charge on any atom is -0.361 e. The number of aromatic amines is 1. The van der Waals surface area contributed by atoms with Gasteiger partial charge in [-0.05, 0) is 37.5 Å². The number of benzene rings is 1. The number of H-pyrrole nitrogens is 1. The fourth-order valence-electron chi connectivity index (χ4n) is 2.40. The number of carbonyl (C=O) groups excluding carboxylic acids is 1. The van der Waals surface area contributed by atoms with Crippen molar-refractivity contribution in [3.05, 3.63) is 36.0 Å². The van der Waals surface area contributed by atoms with E-state index in [2.05, 4.69) is 4.98 Å². The highest BCUT2D eigenvalue weighted by molar-refractivity contribution is 6.06. The molecule has 0 radical (unpaired) electrons. The Kier molecular flexibility index (Phi) is 2.39. The van der Waals surface area contributed by atoms with Gasteiger partial charge in [0, 0.05) is 35.8 Å². The fraction of sp³-hybridized carbons (Fsp3) is 0.357. The summed E-state index contributed by atoms with van der Waals surface area (Å²) in [6.07, 6.45) is 5.41. The molecule has 1 aromatic heterocycles. The van der Waals surface area contributed by atoms with E-state index in [1.165, 1.54) is 6.42 Å². The van der Waals surface area contributed by atoms with Crippen molar-refractivity contribution in [2.45, 2.75) is 25.3 Å². The summed E-state index contributed by atoms with van der Waals surface area (Å²) in [4.78, 5) is 17.4. The zero-order valence-electron chi connectivity index (χ0n) is 9.94. The third-order valence-electron chi connectivity index (χ3n) is 3.77. The Labute approximate surface area is 100 Å². The van der Waals surface area contributed by atoms with Crippen LogP contribution in [0.1, 0.15) is 29.6 Å². The molecule has 1 saturated carbocycles. The average molecular weight is 228 g/mol. The fourth-order valence-corrected chi connectivity index (χ4v) is 2.40. The van der Waals surface area contributed by atoms with Gasteiger partial charge in [0.1, 0.15) is 0 Å². The van der Waals surface area contributed by atoms with Crippen LogP contribution in [0.25, 0.3) is 10.9 Å². The number of nitrogens with zero attached hydrogens (tertiary/aromatic N) is 1. The van der Waals surface area contributed by atoms with Gasteiger partial charge < -0.3 is 9.88 Å². The van der Waals surface area contributed by atoms with Crippen molar-refractivity contribution < 1.29 is 4.79 Å². The van der Waals surface area contributed by atoms with Crippen LogP contribution in [0.2, 0.25) is 0 Å². The van der Waals surface area contributed by atoms with E-state index in [1.807, 2.05) is 42.4 Å². The van der Waals surface area contributed by atoms with Crippen molar-refractivity contribution in [1.29, 1.82) is 0 Å². The molecule has 1 heterocycles. The molecule has 3 rings (SSSR count). The molecule has 88 valence electrons. The average Bonchev–Trinajstić information content (AvgIpc) is 2.73. The second-order valence-electron chi connectivity index (χ2n) is 4.75. The molecule has 1 aliphatic rings. The third-order valence-corrected chi connectivity index (χ3v) is 3.77. The SMILES string of the molecule is CN(C(=O)c1cccc2[nH]ccc12)C1CCC1. The molecule has 0 atom stereocenters. The van der Waals surface area contributed by atoms with Gasteiger partial charge in [0.2, 0.25) is 0 Å².